The summed E-state index contributed by atoms with van der Waals surface area (Å²) in [4.78, 5) is 39.9. The Kier molecular flexibility index (Phi) is 10.7. The fourth-order valence-electron chi connectivity index (χ4n) is 4.52. The van der Waals surface area contributed by atoms with Crippen molar-refractivity contribution >= 4 is 45.1 Å². The molecule has 3 N–H and O–H groups in total. The topological polar surface area (TPSA) is 125 Å². The van der Waals surface area contributed by atoms with Gasteiger partial charge in [0.25, 0.3) is 5.91 Å². The van der Waals surface area contributed by atoms with Gasteiger partial charge in [-0.25, -0.2) is 13.2 Å². The first-order valence-corrected chi connectivity index (χ1v) is 15.7. The number of halogens is 3. The second-order valence-electron chi connectivity index (χ2n) is 9.94. The average Bonchev–Trinajstić information content (AvgIpc) is 2.92. The lowest BCUT2D eigenvalue weighted by atomic mass is 9.86. The second-order valence-corrected chi connectivity index (χ2v) is 12.9. The normalized spacial score (nSPS) is 17.4. The molecule has 0 aliphatic heterocycles. The van der Waals surface area contributed by atoms with E-state index in [4.69, 9.17) is 0 Å². The molecule has 0 saturated heterocycles. The van der Waals surface area contributed by atoms with Gasteiger partial charge in [-0.3, -0.25) is 9.59 Å². The van der Waals surface area contributed by atoms with Crippen LogP contribution in [0.25, 0.3) is 0 Å². The number of thioether (sulfide) groups is 1. The van der Waals surface area contributed by atoms with Gasteiger partial charge in [0, 0.05) is 25.0 Å². The van der Waals surface area contributed by atoms with Crippen molar-refractivity contribution in [2.24, 2.45) is 5.92 Å². The Labute approximate surface area is 241 Å². The maximum Gasteiger partial charge on any atom is 0.416 e. The van der Waals surface area contributed by atoms with Crippen molar-refractivity contribution in [3.63, 3.8) is 0 Å². The molecule has 0 radical (unpaired) electrons. The van der Waals surface area contributed by atoms with Crippen LogP contribution in [0.1, 0.15) is 41.6 Å². The number of alkyl halides is 3. The van der Waals surface area contributed by atoms with Gasteiger partial charge in [-0.1, -0.05) is 12.8 Å². The summed E-state index contributed by atoms with van der Waals surface area (Å²) in [6.07, 6.45) is -0.0913. The van der Waals surface area contributed by atoms with E-state index >= 15 is 0 Å². The van der Waals surface area contributed by atoms with Crippen molar-refractivity contribution in [2.45, 2.75) is 47.7 Å². The van der Waals surface area contributed by atoms with Gasteiger partial charge in [-0.05, 0) is 67.5 Å². The van der Waals surface area contributed by atoms with Gasteiger partial charge in [0.15, 0.2) is 9.84 Å². The number of anilines is 1. The van der Waals surface area contributed by atoms with E-state index in [0.717, 1.165) is 34.8 Å². The van der Waals surface area contributed by atoms with E-state index in [9.17, 15) is 36.0 Å². The van der Waals surface area contributed by atoms with Crippen molar-refractivity contribution in [3.8, 4) is 0 Å². The average molecular weight is 615 g/mol. The highest BCUT2D eigenvalue weighted by Gasteiger charge is 2.33. The molecule has 1 aliphatic rings. The summed E-state index contributed by atoms with van der Waals surface area (Å²) < 4.78 is 66.0. The molecule has 4 amide bonds. The predicted molar refractivity (Wildman–Crippen MR) is 151 cm³/mol. The van der Waals surface area contributed by atoms with E-state index in [2.05, 4.69) is 16.0 Å². The Balaban J connectivity index is 1.68. The number of benzene rings is 2. The minimum absolute atomic E-state index is 0.151. The third kappa shape index (κ3) is 8.86. The number of urea groups is 1. The summed E-state index contributed by atoms with van der Waals surface area (Å²) in [5, 5.41) is 7.46. The van der Waals surface area contributed by atoms with Crippen LogP contribution in [-0.4, -0.2) is 69.9 Å². The zero-order valence-corrected chi connectivity index (χ0v) is 24.5. The number of carbonyl (C=O) groups excluding carboxylic acids is 3. The lowest BCUT2D eigenvalue weighted by Crippen LogP contribution is -2.47. The molecule has 14 heteroatoms. The molecule has 1 aliphatic carbocycles. The molecule has 3 rings (SSSR count). The lowest BCUT2D eigenvalue weighted by molar-refractivity contribution is -0.137. The van der Waals surface area contributed by atoms with Gasteiger partial charge in [-0.15, -0.1) is 11.8 Å². The summed E-state index contributed by atoms with van der Waals surface area (Å²) in [5.74, 6) is -2.09. The number of nitrogens with one attached hydrogen (secondary N) is 3. The molecule has 0 bridgehead atoms. The van der Waals surface area contributed by atoms with Crippen LogP contribution >= 0.6 is 11.8 Å². The summed E-state index contributed by atoms with van der Waals surface area (Å²) in [7, 11) is -0.762. The number of hydrogen-bond donors (Lipinski definition) is 3. The van der Waals surface area contributed by atoms with E-state index < -0.39 is 57.6 Å². The smallest absolute Gasteiger partial charge is 0.352 e. The molecular weight excluding hydrogens is 581 g/mol. The minimum Gasteiger partial charge on any atom is -0.352 e. The molecule has 2 aromatic rings. The van der Waals surface area contributed by atoms with Crippen molar-refractivity contribution < 1.29 is 36.0 Å². The molecule has 2 aromatic carbocycles. The van der Waals surface area contributed by atoms with Crippen LogP contribution in [0.5, 0.6) is 0 Å². The predicted octanol–water partition coefficient (Wildman–Crippen LogP) is 4.40. The first-order valence-electron chi connectivity index (χ1n) is 12.8. The molecule has 2 atom stereocenters. The Morgan fingerprint density at radius 2 is 1.68 bits per heavy atom. The summed E-state index contributed by atoms with van der Waals surface area (Å²) >= 11 is 1.50. The van der Waals surface area contributed by atoms with Gasteiger partial charge in [0.2, 0.25) is 5.91 Å². The summed E-state index contributed by atoms with van der Waals surface area (Å²) in [6, 6.07) is 7.82. The third-order valence-corrected chi connectivity index (χ3v) is 9.36. The van der Waals surface area contributed by atoms with Gasteiger partial charge >= 0.3 is 12.2 Å². The van der Waals surface area contributed by atoms with E-state index in [-0.39, 0.29) is 22.3 Å². The van der Waals surface area contributed by atoms with Crippen LogP contribution < -0.4 is 16.0 Å². The van der Waals surface area contributed by atoms with Crippen molar-refractivity contribution in [2.75, 3.05) is 38.0 Å². The highest BCUT2D eigenvalue weighted by molar-refractivity contribution is 7.98. The molecular formula is C27H33F3N4O5S2. The van der Waals surface area contributed by atoms with E-state index in [0.29, 0.717) is 18.9 Å². The third-order valence-electron chi connectivity index (χ3n) is 6.76. The van der Waals surface area contributed by atoms with Gasteiger partial charge in [-0.2, -0.15) is 13.2 Å². The van der Waals surface area contributed by atoms with Crippen LogP contribution in [0.2, 0.25) is 0 Å². The number of sulfone groups is 1. The zero-order chi connectivity index (χ0) is 30.4. The number of hydrogen-bond acceptors (Lipinski definition) is 6. The highest BCUT2D eigenvalue weighted by Crippen LogP contribution is 2.32. The number of amides is 4. The van der Waals surface area contributed by atoms with Crippen LogP contribution in [0, 0.1) is 5.92 Å². The largest absolute Gasteiger partial charge is 0.416 e. The van der Waals surface area contributed by atoms with Crippen molar-refractivity contribution in [3.05, 3.63) is 53.6 Å². The first kappa shape index (κ1) is 32.3. The van der Waals surface area contributed by atoms with Crippen LogP contribution in [-0.2, 0) is 20.8 Å². The highest BCUT2D eigenvalue weighted by atomic mass is 32.2. The number of carbonyl (C=O) groups is 3. The Bertz CT molecular complexity index is 1370. The molecule has 0 spiro atoms. The number of nitrogens with zero attached hydrogens (tertiary/aromatic N) is 1. The molecule has 224 valence electrons. The maximum absolute atomic E-state index is 13.3. The molecule has 0 aromatic heterocycles. The SMILES string of the molecule is CSc1ccc(S(=O)(=O)C[C@@H]2CCCC[C@@H]2NC(=O)CNC(=O)c2cc(C(F)(F)F)ccc2NC(=O)N(C)C)cc1. The zero-order valence-electron chi connectivity index (χ0n) is 22.9. The van der Waals surface area contributed by atoms with E-state index in [1.54, 1.807) is 24.3 Å². The maximum atomic E-state index is 13.3. The van der Waals surface area contributed by atoms with Gasteiger partial charge < -0.3 is 20.9 Å². The van der Waals surface area contributed by atoms with Crippen LogP contribution in [0.15, 0.2) is 52.3 Å². The number of rotatable bonds is 9. The Morgan fingerprint density at radius 1 is 1.02 bits per heavy atom. The van der Waals surface area contributed by atoms with Gasteiger partial charge in [0.05, 0.1) is 34.0 Å². The molecule has 41 heavy (non-hydrogen) atoms. The summed E-state index contributed by atoms with van der Waals surface area (Å²) in [6.45, 7) is -0.553. The van der Waals surface area contributed by atoms with Crippen molar-refractivity contribution in [1.29, 1.82) is 0 Å². The first-order chi connectivity index (χ1) is 19.2. The molecule has 0 heterocycles. The second kappa shape index (κ2) is 13.6. The Morgan fingerprint density at radius 3 is 2.29 bits per heavy atom. The standard InChI is InChI=1S/C27H33F3N4O5S2/c1-34(2)26(37)33-23-13-8-18(27(28,29)30)14-21(23)25(36)31-15-24(35)32-22-7-5-4-6-17(22)16-41(38,39)20-11-9-19(40-3)10-12-20/h8-14,17,22H,4-7,15-16H2,1-3H3,(H,31,36)(H,32,35)(H,33,37)/t17-,22-/m0/s1. The molecule has 1 fully saturated rings. The molecule has 9 nitrogen and oxygen atoms in total. The van der Waals surface area contributed by atoms with Crippen molar-refractivity contribution in [1.82, 2.24) is 15.5 Å². The molecule has 0 unspecified atom stereocenters. The van der Waals surface area contributed by atoms with Gasteiger partial charge in [0.1, 0.15) is 0 Å². The van der Waals surface area contributed by atoms with E-state index in [1.165, 1.54) is 25.9 Å². The Hall–Kier alpha value is -3.26. The van der Waals surface area contributed by atoms with E-state index in [1.807, 2.05) is 6.26 Å². The van der Waals surface area contributed by atoms with Crippen LogP contribution in [0.3, 0.4) is 0 Å². The fourth-order valence-corrected chi connectivity index (χ4v) is 6.63. The quantitative estimate of drug-likeness (QED) is 0.360. The minimum atomic E-state index is -4.73. The summed E-state index contributed by atoms with van der Waals surface area (Å²) in [5.41, 5.74) is -1.71. The molecule has 1 saturated carbocycles. The lowest BCUT2D eigenvalue weighted by Gasteiger charge is -2.32. The monoisotopic (exact) mass is 614 g/mol. The fraction of sp³-hybridized carbons (Fsp3) is 0.444. The van der Waals surface area contributed by atoms with Crippen LogP contribution in [0.4, 0.5) is 23.7 Å².